The second kappa shape index (κ2) is 4.09. The molecular formula is C14H18N2S. The predicted octanol–water partition coefficient (Wildman–Crippen LogP) is 2.82. The second-order valence-corrected chi connectivity index (χ2v) is 6.20. The number of nitrogens with zero attached hydrogens (tertiary/aromatic N) is 1. The van der Waals surface area contributed by atoms with Gasteiger partial charge in [0.1, 0.15) is 0 Å². The van der Waals surface area contributed by atoms with Crippen molar-refractivity contribution in [1.29, 1.82) is 0 Å². The molecule has 0 unspecified atom stereocenters. The Bertz CT molecular complexity index is 528. The molecule has 2 N–H and O–H groups in total. The largest absolute Gasteiger partial charge is 0.324 e. The zero-order valence-corrected chi connectivity index (χ0v) is 11.0. The summed E-state index contributed by atoms with van der Waals surface area (Å²) in [6, 6.07) is 8.62. The molecule has 3 rings (SSSR count). The van der Waals surface area contributed by atoms with E-state index in [1.165, 1.54) is 28.5 Å². The van der Waals surface area contributed by atoms with Crippen LogP contribution in [0.1, 0.15) is 18.4 Å². The SMILES string of the molecule is CN(Cc1csc2ccccc12)CC1(N)CC1. The van der Waals surface area contributed by atoms with Crippen LogP contribution in [0.2, 0.25) is 0 Å². The molecule has 1 aliphatic carbocycles. The van der Waals surface area contributed by atoms with E-state index >= 15 is 0 Å². The lowest BCUT2D eigenvalue weighted by Gasteiger charge is -2.20. The van der Waals surface area contributed by atoms with Gasteiger partial charge in [0.15, 0.2) is 0 Å². The summed E-state index contributed by atoms with van der Waals surface area (Å²) < 4.78 is 1.38. The molecule has 0 bridgehead atoms. The first-order valence-corrected chi connectivity index (χ1v) is 6.97. The molecule has 1 aromatic carbocycles. The molecule has 1 aromatic heterocycles. The quantitative estimate of drug-likeness (QED) is 0.899. The van der Waals surface area contributed by atoms with Gasteiger partial charge in [0, 0.05) is 23.3 Å². The van der Waals surface area contributed by atoms with Crippen LogP contribution in [-0.4, -0.2) is 24.0 Å². The van der Waals surface area contributed by atoms with Crippen LogP contribution in [0.5, 0.6) is 0 Å². The Balaban J connectivity index is 1.75. The van der Waals surface area contributed by atoms with E-state index in [9.17, 15) is 0 Å². The smallest absolute Gasteiger partial charge is 0.0346 e. The summed E-state index contributed by atoms with van der Waals surface area (Å²) in [7, 11) is 2.17. The molecule has 1 saturated carbocycles. The van der Waals surface area contributed by atoms with Gasteiger partial charge in [-0.25, -0.2) is 0 Å². The fourth-order valence-corrected chi connectivity index (χ4v) is 3.31. The molecular weight excluding hydrogens is 228 g/mol. The molecule has 3 heteroatoms. The van der Waals surface area contributed by atoms with Crippen molar-refractivity contribution in [1.82, 2.24) is 4.90 Å². The number of benzene rings is 1. The highest BCUT2D eigenvalue weighted by Crippen LogP contribution is 2.33. The summed E-state index contributed by atoms with van der Waals surface area (Å²) in [6.07, 6.45) is 2.36. The Morgan fingerprint density at radius 3 is 2.88 bits per heavy atom. The van der Waals surface area contributed by atoms with Gasteiger partial charge in [0.05, 0.1) is 0 Å². The van der Waals surface area contributed by atoms with Crippen molar-refractivity contribution < 1.29 is 0 Å². The van der Waals surface area contributed by atoms with Crippen molar-refractivity contribution >= 4 is 21.4 Å². The lowest BCUT2D eigenvalue weighted by Crippen LogP contribution is -2.36. The molecule has 1 heterocycles. The van der Waals surface area contributed by atoms with Crippen LogP contribution in [0.25, 0.3) is 10.1 Å². The maximum Gasteiger partial charge on any atom is 0.0346 e. The van der Waals surface area contributed by atoms with Gasteiger partial charge in [-0.3, -0.25) is 0 Å². The Hall–Kier alpha value is -0.900. The van der Waals surface area contributed by atoms with Crippen LogP contribution in [0.3, 0.4) is 0 Å². The predicted molar refractivity (Wildman–Crippen MR) is 74.3 cm³/mol. The van der Waals surface area contributed by atoms with Crippen LogP contribution in [0.4, 0.5) is 0 Å². The minimum absolute atomic E-state index is 0.112. The molecule has 17 heavy (non-hydrogen) atoms. The van der Waals surface area contributed by atoms with E-state index in [-0.39, 0.29) is 5.54 Å². The molecule has 2 aromatic rings. The molecule has 0 radical (unpaired) electrons. The average Bonchev–Trinajstić information content (AvgIpc) is 2.89. The van der Waals surface area contributed by atoms with E-state index in [0.29, 0.717) is 0 Å². The topological polar surface area (TPSA) is 29.3 Å². The molecule has 0 aliphatic heterocycles. The average molecular weight is 246 g/mol. The Morgan fingerprint density at radius 1 is 1.35 bits per heavy atom. The maximum atomic E-state index is 6.15. The molecule has 0 atom stereocenters. The zero-order valence-electron chi connectivity index (χ0n) is 10.1. The lowest BCUT2D eigenvalue weighted by molar-refractivity contribution is 0.297. The Kier molecular flexibility index (Phi) is 2.69. The first kappa shape index (κ1) is 11.2. The number of nitrogens with two attached hydrogens (primary N) is 1. The van der Waals surface area contributed by atoms with Gasteiger partial charge < -0.3 is 10.6 Å². The highest BCUT2D eigenvalue weighted by atomic mass is 32.1. The second-order valence-electron chi connectivity index (χ2n) is 5.29. The van der Waals surface area contributed by atoms with E-state index in [4.69, 9.17) is 5.73 Å². The number of hydrogen-bond donors (Lipinski definition) is 1. The fraction of sp³-hybridized carbons (Fsp3) is 0.429. The highest BCUT2D eigenvalue weighted by Gasteiger charge is 2.38. The third-order valence-electron chi connectivity index (χ3n) is 3.48. The van der Waals surface area contributed by atoms with E-state index in [2.05, 4.69) is 41.6 Å². The van der Waals surface area contributed by atoms with Crippen molar-refractivity contribution in [3.8, 4) is 0 Å². The van der Waals surface area contributed by atoms with Gasteiger partial charge in [-0.05, 0) is 42.3 Å². The molecule has 2 nitrogen and oxygen atoms in total. The first-order chi connectivity index (χ1) is 8.16. The fourth-order valence-electron chi connectivity index (χ4n) is 2.36. The number of fused-ring (bicyclic) bond motifs is 1. The summed E-state index contributed by atoms with van der Waals surface area (Å²) >= 11 is 1.83. The van der Waals surface area contributed by atoms with E-state index in [1.54, 1.807) is 0 Å². The number of likely N-dealkylation sites (N-methyl/N-ethyl adjacent to an activating group) is 1. The monoisotopic (exact) mass is 246 g/mol. The van der Waals surface area contributed by atoms with Crippen molar-refractivity contribution in [2.24, 2.45) is 5.73 Å². The summed E-state index contributed by atoms with van der Waals surface area (Å²) in [5, 5.41) is 3.67. The van der Waals surface area contributed by atoms with Gasteiger partial charge in [-0.1, -0.05) is 18.2 Å². The Morgan fingerprint density at radius 2 is 2.12 bits per heavy atom. The van der Waals surface area contributed by atoms with E-state index in [0.717, 1.165) is 13.1 Å². The zero-order chi connectivity index (χ0) is 11.9. The third kappa shape index (κ3) is 2.37. The van der Waals surface area contributed by atoms with E-state index in [1.807, 2.05) is 11.3 Å². The first-order valence-electron chi connectivity index (χ1n) is 6.09. The third-order valence-corrected chi connectivity index (χ3v) is 4.49. The summed E-state index contributed by atoms with van der Waals surface area (Å²) in [6.45, 7) is 2.01. The normalized spacial score (nSPS) is 17.8. The summed E-state index contributed by atoms with van der Waals surface area (Å²) in [4.78, 5) is 2.35. The maximum absolute atomic E-state index is 6.15. The van der Waals surface area contributed by atoms with Crippen molar-refractivity contribution in [2.75, 3.05) is 13.6 Å². The minimum Gasteiger partial charge on any atom is -0.324 e. The molecule has 1 aliphatic rings. The molecule has 90 valence electrons. The van der Waals surface area contributed by atoms with Crippen LogP contribution >= 0.6 is 11.3 Å². The van der Waals surface area contributed by atoms with Crippen molar-refractivity contribution in [3.63, 3.8) is 0 Å². The molecule has 0 spiro atoms. The van der Waals surface area contributed by atoms with Gasteiger partial charge in [0.2, 0.25) is 0 Å². The minimum atomic E-state index is 0.112. The van der Waals surface area contributed by atoms with Crippen LogP contribution in [0.15, 0.2) is 29.6 Å². The van der Waals surface area contributed by atoms with Crippen molar-refractivity contribution in [3.05, 3.63) is 35.2 Å². The van der Waals surface area contributed by atoms with Crippen LogP contribution in [-0.2, 0) is 6.54 Å². The van der Waals surface area contributed by atoms with Crippen LogP contribution < -0.4 is 5.73 Å². The Labute approximate surface area is 106 Å². The van der Waals surface area contributed by atoms with Gasteiger partial charge in [-0.2, -0.15) is 0 Å². The van der Waals surface area contributed by atoms with Gasteiger partial charge >= 0.3 is 0 Å². The van der Waals surface area contributed by atoms with Gasteiger partial charge in [0.25, 0.3) is 0 Å². The number of rotatable bonds is 4. The molecule has 1 fully saturated rings. The van der Waals surface area contributed by atoms with Crippen molar-refractivity contribution in [2.45, 2.75) is 24.9 Å². The van der Waals surface area contributed by atoms with Crippen LogP contribution in [0, 0.1) is 0 Å². The number of thiophene rings is 1. The molecule has 0 amide bonds. The standard InChI is InChI=1S/C14H18N2S/c1-16(10-14(15)6-7-14)8-11-9-17-13-5-3-2-4-12(11)13/h2-5,9H,6-8,10,15H2,1H3. The number of hydrogen-bond acceptors (Lipinski definition) is 3. The summed E-state index contributed by atoms with van der Waals surface area (Å²) in [5.41, 5.74) is 7.69. The van der Waals surface area contributed by atoms with E-state index < -0.39 is 0 Å². The van der Waals surface area contributed by atoms with Gasteiger partial charge in [-0.15, -0.1) is 11.3 Å². The lowest BCUT2D eigenvalue weighted by atomic mass is 10.1. The highest BCUT2D eigenvalue weighted by molar-refractivity contribution is 7.17. The summed E-state index contributed by atoms with van der Waals surface area (Å²) in [5.74, 6) is 0. The molecule has 0 saturated heterocycles.